The Kier molecular flexibility index (Phi) is 3.27. The monoisotopic (exact) mass is 219 g/mol. The van der Waals surface area contributed by atoms with Gasteiger partial charge in [0.2, 0.25) is 0 Å². The molecule has 0 fully saturated rings. The molecule has 2 unspecified atom stereocenters. The van der Waals surface area contributed by atoms with E-state index < -0.39 is 0 Å². The van der Waals surface area contributed by atoms with E-state index in [-0.39, 0.29) is 12.1 Å². The van der Waals surface area contributed by atoms with Gasteiger partial charge in [0.1, 0.15) is 5.75 Å². The van der Waals surface area contributed by atoms with Crippen molar-refractivity contribution in [2.24, 2.45) is 5.73 Å². The predicted octanol–water partition coefficient (Wildman–Crippen LogP) is 2.34. The van der Waals surface area contributed by atoms with Gasteiger partial charge in [-0.3, -0.25) is 0 Å². The van der Waals surface area contributed by atoms with Crippen molar-refractivity contribution in [1.29, 1.82) is 0 Å². The molecule has 0 saturated heterocycles. The Morgan fingerprint density at radius 1 is 1.50 bits per heavy atom. The zero-order valence-electron chi connectivity index (χ0n) is 9.48. The molecular formula is C13H17NO2. The number of hydrogen-bond donors (Lipinski definition) is 1. The fourth-order valence-electron chi connectivity index (χ4n) is 2.12. The van der Waals surface area contributed by atoms with Gasteiger partial charge in [0.05, 0.1) is 19.8 Å². The molecule has 1 aromatic rings. The zero-order chi connectivity index (χ0) is 11.5. The van der Waals surface area contributed by atoms with Crippen LogP contribution < -0.4 is 10.5 Å². The van der Waals surface area contributed by atoms with Gasteiger partial charge in [-0.05, 0) is 29.7 Å². The smallest absolute Gasteiger partial charge is 0.119 e. The van der Waals surface area contributed by atoms with Gasteiger partial charge in [0, 0.05) is 6.04 Å². The lowest BCUT2D eigenvalue weighted by Crippen LogP contribution is -2.06. The summed E-state index contributed by atoms with van der Waals surface area (Å²) in [6, 6.07) is 6.02. The fourth-order valence-corrected chi connectivity index (χ4v) is 2.12. The van der Waals surface area contributed by atoms with Crippen molar-refractivity contribution in [3.63, 3.8) is 0 Å². The van der Waals surface area contributed by atoms with E-state index in [9.17, 15) is 0 Å². The van der Waals surface area contributed by atoms with Crippen molar-refractivity contribution in [2.75, 3.05) is 13.7 Å². The maximum absolute atomic E-state index is 6.07. The number of rotatable bonds is 4. The Bertz CT molecular complexity index is 390. The van der Waals surface area contributed by atoms with E-state index in [4.69, 9.17) is 15.2 Å². The number of fused-ring (bicyclic) bond motifs is 1. The fraction of sp³-hybridized carbons (Fsp3) is 0.385. The zero-order valence-corrected chi connectivity index (χ0v) is 9.48. The molecule has 3 nitrogen and oxygen atoms in total. The van der Waals surface area contributed by atoms with Gasteiger partial charge in [0.25, 0.3) is 0 Å². The lowest BCUT2D eigenvalue weighted by molar-refractivity contribution is 0.0722. The van der Waals surface area contributed by atoms with Crippen molar-refractivity contribution in [3.8, 4) is 5.75 Å². The second-order valence-corrected chi connectivity index (χ2v) is 3.95. The highest BCUT2D eigenvalue weighted by Gasteiger charge is 2.29. The van der Waals surface area contributed by atoms with E-state index in [0.29, 0.717) is 6.61 Å². The number of benzene rings is 1. The maximum atomic E-state index is 6.07. The van der Waals surface area contributed by atoms with Crippen molar-refractivity contribution in [2.45, 2.75) is 18.6 Å². The van der Waals surface area contributed by atoms with Crippen LogP contribution in [0.5, 0.6) is 5.75 Å². The van der Waals surface area contributed by atoms with E-state index in [1.807, 2.05) is 18.2 Å². The Balaban J connectivity index is 2.25. The number of ether oxygens (including phenoxy) is 2. The van der Waals surface area contributed by atoms with Crippen molar-refractivity contribution >= 4 is 0 Å². The summed E-state index contributed by atoms with van der Waals surface area (Å²) in [6.45, 7) is 4.21. The van der Waals surface area contributed by atoms with Crippen LogP contribution in [0.4, 0.5) is 0 Å². The second kappa shape index (κ2) is 4.68. The number of nitrogens with two attached hydrogens (primary N) is 1. The van der Waals surface area contributed by atoms with Crippen molar-refractivity contribution in [1.82, 2.24) is 0 Å². The van der Waals surface area contributed by atoms with Gasteiger partial charge in [0.15, 0.2) is 0 Å². The van der Waals surface area contributed by atoms with Gasteiger partial charge in [-0.15, -0.1) is 6.58 Å². The molecule has 1 aliphatic carbocycles. The lowest BCUT2D eigenvalue weighted by Gasteiger charge is -2.11. The molecule has 0 bridgehead atoms. The molecule has 2 atom stereocenters. The van der Waals surface area contributed by atoms with E-state index in [1.54, 1.807) is 13.2 Å². The minimum Gasteiger partial charge on any atom is -0.497 e. The molecule has 0 aromatic heterocycles. The van der Waals surface area contributed by atoms with Crippen LogP contribution >= 0.6 is 0 Å². The Hall–Kier alpha value is -1.32. The van der Waals surface area contributed by atoms with Gasteiger partial charge >= 0.3 is 0 Å². The molecule has 1 aliphatic rings. The Labute approximate surface area is 95.9 Å². The van der Waals surface area contributed by atoms with Crippen LogP contribution in [-0.2, 0) is 4.74 Å². The van der Waals surface area contributed by atoms with Gasteiger partial charge in [-0.1, -0.05) is 12.1 Å². The van der Waals surface area contributed by atoms with E-state index >= 15 is 0 Å². The third-order valence-corrected chi connectivity index (χ3v) is 2.92. The second-order valence-electron chi connectivity index (χ2n) is 3.95. The lowest BCUT2D eigenvalue weighted by atomic mass is 10.1. The standard InChI is InChI=1S/C13H17NO2/c1-3-6-16-13-8-12(14)11-7-9(15-2)4-5-10(11)13/h3-5,7,12-13H,1,6,8,14H2,2H3. The van der Waals surface area contributed by atoms with Crippen molar-refractivity contribution < 1.29 is 9.47 Å². The van der Waals surface area contributed by atoms with Crippen LogP contribution in [0.15, 0.2) is 30.9 Å². The highest BCUT2D eigenvalue weighted by molar-refractivity contribution is 5.42. The van der Waals surface area contributed by atoms with Crippen LogP contribution in [0, 0.1) is 0 Å². The number of methoxy groups -OCH3 is 1. The SMILES string of the molecule is C=CCOC1CC(N)c2cc(OC)ccc21. The molecule has 0 aliphatic heterocycles. The Morgan fingerprint density at radius 3 is 3.00 bits per heavy atom. The average Bonchev–Trinajstić information content (AvgIpc) is 2.63. The van der Waals surface area contributed by atoms with E-state index in [2.05, 4.69) is 6.58 Å². The first-order chi connectivity index (χ1) is 7.76. The van der Waals surface area contributed by atoms with Crippen LogP contribution in [-0.4, -0.2) is 13.7 Å². The Morgan fingerprint density at radius 2 is 2.31 bits per heavy atom. The number of hydrogen-bond acceptors (Lipinski definition) is 3. The first kappa shape index (κ1) is 11.2. The molecule has 2 N–H and O–H groups in total. The van der Waals surface area contributed by atoms with Crippen LogP contribution in [0.1, 0.15) is 29.7 Å². The van der Waals surface area contributed by atoms with Gasteiger partial charge in [-0.25, -0.2) is 0 Å². The molecule has 0 spiro atoms. The predicted molar refractivity (Wildman–Crippen MR) is 63.4 cm³/mol. The quantitative estimate of drug-likeness (QED) is 0.790. The average molecular weight is 219 g/mol. The minimum absolute atomic E-state index is 0.0416. The van der Waals surface area contributed by atoms with Gasteiger partial charge in [-0.2, -0.15) is 0 Å². The van der Waals surface area contributed by atoms with E-state index in [0.717, 1.165) is 17.7 Å². The largest absolute Gasteiger partial charge is 0.497 e. The first-order valence-corrected chi connectivity index (χ1v) is 5.42. The van der Waals surface area contributed by atoms with Crippen molar-refractivity contribution in [3.05, 3.63) is 42.0 Å². The molecule has 0 saturated carbocycles. The molecule has 3 heteroatoms. The summed E-state index contributed by atoms with van der Waals surface area (Å²) in [5, 5.41) is 0. The highest BCUT2D eigenvalue weighted by Crippen LogP contribution is 2.41. The summed E-state index contributed by atoms with van der Waals surface area (Å²) >= 11 is 0. The summed E-state index contributed by atoms with van der Waals surface area (Å²) in [5.41, 5.74) is 8.38. The summed E-state index contributed by atoms with van der Waals surface area (Å²) < 4.78 is 10.9. The summed E-state index contributed by atoms with van der Waals surface area (Å²) in [5.74, 6) is 0.846. The van der Waals surface area contributed by atoms with E-state index in [1.165, 1.54) is 5.56 Å². The summed E-state index contributed by atoms with van der Waals surface area (Å²) in [6.07, 6.45) is 2.68. The van der Waals surface area contributed by atoms with Gasteiger partial charge < -0.3 is 15.2 Å². The molecule has 0 heterocycles. The molecule has 0 amide bonds. The van der Waals surface area contributed by atoms with Crippen LogP contribution in [0.3, 0.4) is 0 Å². The highest BCUT2D eigenvalue weighted by atomic mass is 16.5. The molecule has 0 radical (unpaired) electrons. The third-order valence-electron chi connectivity index (χ3n) is 2.92. The van der Waals surface area contributed by atoms with Crippen LogP contribution in [0.2, 0.25) is 0 Å². The molecule has 2 rings (SSSR count). The molecule has 86 valence electrons. The van der Waals surface area contributed by atoms with Crippen LogP contribution in [0.25, 0.3) is 0 Å². The summed E-state index contributed by atoms with van der Waals surface area (Å²) in [7, 11) is 1.66. The molecule has 16 heavy (non-hydrogen) atoms. The first-order valence-electron chi connectivity index (χ1n) is 5.42. The molecule has 1 aromatic carbocycles. The maximum Gasteiger partial charge on any atom is 0.119 e. The summed E-state index contributed by atoms with van der Waals surface area (Å²) in [4.78, 5) is 0. The third kappa shape index (κ3) is 1.96. The molecular weight excluding hydrogens is 202 g/mol. The normalized spacial score (nSPS) is 22.9. The minimum atomic E-state index is 0.0416. The topological polar surface area (TPSA) is 44.5 Å².